The van der Waals surface area contributed by atoms with Crippen molar-refractivity contribution in [1.82, 2.24) is 0 Å². The average molecular weight is 358 g/mol. The summed E-state index contributed by atoms with van der Waals surface area (Å²) in [5, 5.41) is 0. The first-order chi connectivity index (χ1) is 10.7. The summed E-state index contributed by atoms with van der Waals surface area (Å²) in [4.78, 5) is 0.516. The number of benzene rings is 1. The molecule has 0 radical (unpaired) electrons. The van der Waals surface area contributed by atoms with Crippen molar-refractivity contribution < 1.29 is 26.3 Å². The average Bonchev–Trinajstić information content (AvgIpc) is 2.53. The number of hydrogen-bond donors (Lipinski definition) is 0. The van der Waals surface area contributed by atoms with Crippen molar-refractivity contribution in [3.8, 4) is 0 Å². The Hall–Kier alpha value is -0.116. The van der Waals surface area contributed by atoms with E-state index < -0.39 is 25.3 Å². The Morgan fingerprint density at radius 3 is 1.82 bits per heavy atom. The Morgan fingerprint density at radius 1 is 0.773 bits per heavy atom. The van der Waals surface area contributed by atoms with Crippen molar-refractivity contribution in [3.63, 3.8) is 0 Å². The van der Waals surface area contributed by atoms with Crippen LogP contribution < -0.4 is 0 Å². The van der Waals surface area contributed by atoms with Crippen molar-refractivity contribution >= 4 is 7.42 Å². The molecule has 0 aliphatic rings. The van der Waals surface area contributed by atoms with E-state index in [1.54, 1.807) is 24.3 Å². The topological polar surface area (TPSA) is 34.1 Å². The second kappa shape index (κ2) is 12.3. The van der Waals surface area contributed by atoms with Crippen LogP contribution in [0, 0.1) is 0 Å². The zero-order valence-electron chi connectivity index (χ0n) is 13.9. The van der Waals surface area contributed by atoms with E-state index in [2.05, 4.69) is 6.92 Å². The first kappa shape index (κ1) is 19.9. The van der Waals surface area contributed by atoms with Gasteiger partial charge in [-0.15, -0.1) is 0 Å². The van der Waals surface area contributed by atoms with Gasteiger partial charge in [-0.3, -0.25) is 0 Å². The number of unbranched alkanes of at least 4 members (excludes halogenated alkanes) is 9. The zero-order valence-corrected chi connectivity index (χ0v) is 16.3. The molecule has 0 unspecified atom stereocenters. The molecule has 1 aromatic rings. The molecule has 0 saturated carbocycles. The Balaban J connectivity index is 1.99. The summed E-state index contributed by atoms with van der Waals surface area (Å²) in [7, 11) is -2.95. The number of hydrogen-bond acceptors (Lipinski definition) is 2. The van der Waals surface area contributed by atoms with Crippen molar-refractivity contribution in [3.05, 3.63) is 30.3 Å². The molecular weight excluding hydrogens is 328 g/mol. The molecule has 1 rings (SSSR count). The Morgan fingerprint density at radius 2 is 1.27 bits per heavy atom. The van der Waals surface area contributed by atoms with Gasteiger partial charge in [-0.25, -0.2) is 0 Å². The Bertz CT molecular complexity index is 471. The zero-order chi connectivity index (χ0) is 16.1. The molecule has 0 atom stereocenters. The number of rotatable bonds is 13. The summed E-state index contributed by atoms with van der Waals surface area (Å²) in [5.41, 5.74) is 0. The molecule has 0 heterocycles. The van der Waals surface area contributed by atoms with Gasteiger partial charge in [0.05, 0.1) is 0 Å². The third-order valence-corrected chi connectivity index (χ3v) is 9.75. The maximum atomic E-state index is 12.1. The molecule has 0 bridgehead atoms. The molecule has 124 valence electrons. The first-order valence-corrected chi connectivity index (χ1v) is 13.2. The van der Waals surface area contributed by atoms with E-state index in [-0.39, 0.29) is 0 Å². The molecule has 0 saturated heterocycles. The van der Waals surface area contributed by atoms with E-state index >= 15 is 0 Å². The van der Waals surface area contributed by atoms with E-state index in [1.807, 2.05) is 6.07 Å². The molecule has 0 aliphatic heterocycles. The second-order valence-electron chi connectivity index (χ2n) is 5.89. The van der Waals surface area contributed by atoms with Crippen LogP contribution in [0.15, 0.2) is 35.2 Å². The van der Waals surface area contributed by atoms with Gasteiger partial charge in [-0.1, -0.05) is 0 Å². The monoisotopic (exact) mass is 358 g/mol. The normalized spacial score (nSPS) is 11.5. The van der Waals surface area contributed by atoms with Gasteiger partial charge in [0, 0.05) is 0 Å². The van der Waals surface area contributed by atoms with Crippen LogP contribution in [0.25, 0.3) is 0 Å². The van der Waals surface area contributed by atoms with Gasteiger partial charge >= 0.3 is 145 Å². The van der Waals surface area contributed by atoms with Crippen LogP contribution in [0.3, 0.4) is 0 Å². The second-order valence-corrected chi connectivity index (χ2v) is 12.3. The van der Waals surface area contributed by atoms with Gasteiger partial charge in [0.2, 0.25) is 0 Å². The Kier molecular flexibility index (Phi) is 11.2. The summed E-state index contributed by atoms with van der Waals surface area (Å²) in [6, 6.07) is 8.91. The van der Waals surface area contributed by atoms with Crippen molar-refractivity contribution in [2.75, 3.05) is 0 Å². The van der Waals surface area contributed by atoms with Gasteiger partial charge in [-0.05, 0) is 0 Å². The third-order valence-electron chi connectivity index (χ3n) is 3.88. The van der Waals surface area contributed by atoms with E-state index in [4.69, 9.17) is 0 Å². The molecule has 0 N–H and O–H groups in total. The maximum absolute atomic E-state index is 12.1. The van der Waals surface area contributed by atoms with Gasteiger partial charge in [-0.2, -0.15) is 0 Å². The molecular formula is C18H30O2STi. The van der Waals surface area contributed by atoms with Crippen LogP contribution in [0.2, 0.25) is 4.73 Å². The molecule has 0 aliphatic carbocycles. The molecule has 0 amide bonds. The molecule has 0 aromatic heterocycles. The molecule has 1 aromatic carbocycles. The summed E-state index contributed by atoms with van der Waals surface area (Å²) in [6.45, 7) is 2.25. The van der Waals surface area contributed by atoms with Crippen molar-refractivity contribution in [2.24, 2.45) is 0 Å². The molecule has 2 nitrogen and oxygen atoms in total. The predicted octanol–water partition coefficient (Wildman–Crippen LogP) is 5.80. The fourth-order valence-corrected chi connectivity index (χ4v) is 7.34. The van der Waals surface area contributed by atoms with Gasteiger partial charge in [0.1, 0.15) is 0 Å². The minimum atomic E-state index is -2.95. The fraction of sp³-hybridized carbons (Fsp3) is 0.667. The molecule has 4 heteroatoms. The SMILES string of the molecule is CCCCCCCCCCC[CH2][Ti][S](=O)(=O)c1ccccc1. The van der Waals surface area contributed by atoms with Gasteiger partial charge in [0.25, 0.3) is 0 Å². The van der Waals surface area contributed by atoms with E-state index in [9.17, 15) is 8.42 Å². The summed E-state index contributed by atoms with van der Waals surface area (Å²) >= 11 is -0.908. The standard InChI is InChI=1S/C12H25.C6H5O2S.Ti/c1-3-5-7-9-11-12-10-8-6-4-2;7-9(8)6-4-2-1-3-5-6;/h1,3-12H2,2H3;1-5H;. The predicted molar refractivity (Wildman–Crippen MR) is 90.3 cm³/mol. The first-order valence-electron chi connectivity index (χ1n) is 8.71. The van der Waals surface area contributed by atoms with Crippen LogP contribution in [0.5, 0.6) is 0 Å². The van der Waals surface area contributed by atoms with Crippen LogP contribution >= 0.6 is 0 Å². The Labute approximate surface area is 144 Å². The van der Waals surface area contributed by atoms with E-state index in [1.165, 1.54) is 57.8 Å². The summed E-state index contributed by atoms with van der Waals surface area (Å²) in [5.74, 6) is 0. The summed E-state index contributed by atoms with van der Waals surface area (Å²) < 4.78 is 25.2. The quantitative estimate of drug-likeness (QED) is 0.330. The third kappa shape index (κ3) is 9.12. The van der Waals surface area contributed by atoms with E-state index in [0.29, 0.717) is 4.90 Å². The summed E-state index contributed by atoms with van der Waals surface area (Å²) in [6.07, 6.45) is 13.1. The van der Waals surface area contributed by atoms with Crippen LogP contribution in [0.4, 0.5) is 0 Å². The van der Waals surface area contributed by atoms with Crippen molar-refractivity contribution in [1.29, 1.82) is 0 Å². The minimum absolute atomic E-state index is 0.516. The van der Waals surface area contributed by atoms with Crippen LogP contribution in [-0.4, -0.2) is 8.42 Å². The van der Waals surface area contributed by atoms with Gasteiger partial charge < -0.3 is 0 Å². The van der Waals surface area contributed by atoms with Crippen LogP contribution in [0.1, 0.15) is 71.1 Å². The van der Waals surface area contributed by atoms with Crippen molar-refractivity contribution in [2.45, 2.75) is 80.8 Å². The molecule has 0 fully saturated rings. The van der Waals surface area contributed by atoms with Crippen LogP contribution in [-0.2, 0) is 25.3 Å². The van der Waals surface area contributed by atoms with Gasteiger partial charge in [0.15, 0.2) is 0 Å². The fourth-order valence-electron chi connectivity index (χ4n) is 2.50. The molecule has 0 spiro atoms. The molecule has 22 heavy (non-hydrogen) atoms. The van der Waals surface area contributed by atoms with E-state index in [0.717, 1.165) is 11.1 Å².